The first-order valence-electron chi connectivity index (χ1n) is 6.45. The number of rotatable bonds is 3. The minimum atomic E-state index is -2.63. The van der Waals surface area contributed by atoms with Crippen molar-refractivity contribution in [2.45, 2.75) is 0 Å². The van der Waals surface area contributed by atoms with Crippen LogP contribution in [0.4, 0.5) is 0 Å². The third-order valence-electron chi connectivity index (χ3n) is 3.44. The van der Waals surface area contributed by atoms with Crippen molar-refractivity contribution >= 4 is 39.1 Å². The Balaban J connectivity index is 2.30. The van der Waals surface area contributed by atoms with Crippen molar-refractivity contribution in [3.05, 3.63) is 72.8 Å². The van der Waals surface area contributed by atoms with Gasteiger partial charge in [-0.2, -0.15) is 0 Å². The molecule has 0 spiro atoms. The molecule has 0 aromatic heterocycles. The summed E-state index contributed by atoms with van der Waals surface area (Å²) in [5.74, 6) is 0. The van der Waals surface area contributed by atoms with Crippen molar-refractivity contribution in [1.82, 2.24) is 0 Å². The van der Waals surface area contributed by atoms with E-state index in [1.807, 2.05) is 60.9 Å². The van der Waals surface area contributed by atoms with Gasteiger partial charge in [-0.05, 0) is 23.1 Å². The molecule has 0 fully saturated rings. The van der Waals surface area contributed by atoms with Crippen LogP contribution in [-0.4, -0.2) is 6.26 Å². The molecule has 0 amide bonds. The molecule has 1 atom stereocenters. The van der Waals surface area contributed by atoms with Crippen LogP contribution in [0.25, 0.3) is 10.8 Å². The first-order chi connectivity index (χ1) is 9.75. The van der Waals surface area contributed by atoms with Crippen LogP contribution in [0.15, 0.2) is 72.8 Å². The van der Waals surface area contributed by atoms with Gasteiger partial charge in [-0.25, -0.2) is 0 Å². The van der Waals surface area contributed by atoms with E-state index in [2.05, 4.69) is 18.2 Å². The highest BCUT2D eigenvalue weighted by atomic mass is 32.7. The lowest BCUT2D eigenvalue weighted by Gasteiger charge is -2.18. The zero-order valence-electron chi connectivity index (χ0n) is 11.2. The van der Waals surface area contributed by atoms with E-state index in [1.165, 1.54) is 11.4 Å². The maximum Gasteiger partial charge on any atom is 0.195 e. The molecule has 0 heterocycles. The predicted octanol–water partition coefficient (Wildman–Crippen LogP) is 4.43. The average molecular weight is 298 g/mol. The third-order valence-corrected chi connectivity index (χ3v) is 8.72. The molecule has 0 saturated heterocycles. The topological polar surface area (TPSA) is 17.1 Å². The van der Waals surface area contributed by atoms with Crippen molar-refractivity contribution in [2.24, 2.45) is 0 Å². The summed E-state index contributed by atoms with van der Waals surface area (Å²) in [5.41, 5.74) is 0. The van der Waals surface area contributed by atoms with Crippen LogP contribution in [0, 0.1) is 0 Å². The second-order valence-electron chi connectivity index (χ2n) is 4.57. The second-order valence-corrected chi connectivity index (χ2v) is 9.67. The van der Waals surface area contributed by atoms with E-state index in [-0.39, 0.29) is 0 Å². The Hall–Kier alpha value is -1.50. The van der Waals surface area contributed by atoms with Crippen LogP contribution in [0.5, 0.6) is 0 Å². The van der Waals surface area contributed by atoms with Gasteiger partial charge in [0, 0.05) is 10.6 Å². The fourth-order valence-electron chi connectivity index (χ4n) is 2.43. The summed E-state index contributed by atoms with van der Waals surface area (Å²) in [7, 11) is 0. The first kappa shape index (κ1) is 13.5. The molecule has 0 N–H and O–H groups in total. The number of fused-ring (bicyclic) bond motifs is 1. The van der Waals surface area contributed by atoms with Crippen LogP contribution < -0.4 is 10.6 Å². The summed E-state index contributed by atoms with van der Waals surface area (Å²) in [6.45, 7) is 0. The van der Waals surface area contributed by atoms with Gasteiger partial charge >= 0.3 is 0 Å². The number of hydrogen-bond acceptors (Lipinski definition) is 2. The molecule has 0 aliphatic carbocycles. The maximum absolute atomic E-state index is 13.6. The van der Waals surface area contributed by atoms with Crippen LogP contribution in [0.1, 0.15) is 0 Å². The lowest BCUT2D eigenvalue weighted by Crippen LogP contribution is -2.14. The van der Waals surface area contributed by atoms with E-state index in [1.54, 1.807) is 0 Å². The zero-order valence-corrected chi connectivity index (χ0v) is 12.9. The smallest absolute Gasteiger partial charge is 0.195 e. The molecule has 0 saturated carbocycles. The molecule has 100 valence electrons. The molecule has 0 aliphatic heterocycles. The van der Waals surface area contributed by atoms with E-state index in [4.69, 9.17) is 0 Å². The molecule has 0 bridgehead atoms. The molecular formula is C17H15OPS. The van der Waals surface area contributed by atoms with Crippen molar-refractivity contribution in [3.63, 3.8) is 0 Å². The van der Waals surface area contributed by atoms with Gasteiger partial charge in [-0.15, -0.1) is 0 Å². The van der Waals surface area contributed by atoms with E-state index < -0.39 is 6.34 Å². The molecule has 0 aliphatic rings. The molecule has 0 unspecified atom stereocenters. The fourth-order valence-corrected chi connectivity index (χ4v) is 6.55. The Morgan fingerprint density at radius 3 is 2.20 bits per heavy atom. The average Bonchev–Trinajstić information content (AvgIpc) is 2.54. The zero-order chi connectivity index (χ0) is 14.0. The molecule has 3 aromatic carbocycles. The number of hydrogen-bond donors (Lipinski definition) is 0. The van der Waals surface area contributed by atoms with Gasteiger partial charge in [0.05, 0.1) is 0 Å². The van der Waals surface area contributed by atoms with Crippen LogP contribution in [0.2, 0.25) is 0 Å². The minimum Gasteiger partial charge on any atom is -0.302 e. The summed E-state index contributed by atoms with van der Waals surface area (Å²) in [5, 5.41) is 4.06. The Kier molecular flexibility index (Phi) is 3.69. The van der Waals surface area contributed by atoms with E-state index >= 15 is 0 Å². The Bertz CT molecular complexity index is 778. The minimum absolute atomic E-state index is 0.906. The first-order valence-corrected chi connectivity index (χ1v) is 9.99. The predicted molar refractivity (Wildman–Crippen MR) is 90.8 cm³/mol. The van der Waals surface area contributed by atoms with Gasteiger partial charge in [-0.1, -0.05) is 78.1 Å². The Morgan fingerprint density at radius 2 is 1.45 bits per heavy atom. The van der Waals surface area contributed by atoms with E-state index in [0.717, 1.165) is 21.4 Å². The van der Waals surface area contributed by atoms with Gasteiger partial charge < -0.3 is 4.57 Å². The van der Waals surface area contributed by atoms with E-state index in [0.29, 0.717) is 0 Å². The SMILES string of the molecule is CS[P@@](=O)(c1ccccc1)c1cccc2ccccc12. The lowest BCUT2D eigenvalue weighted by atomic mass is 10.1. The summed E-state index contributed by atoms with van der Waals surface area (Å²) in [4.78, 5) is 0. The highest BCUT2D eigenvalue weighted by Crippen LogP contribution is 2.55. The summed E-state index contributed by atoms with van der Waals surface area (Å²) < 4.78 is 13.6. The molecule has 3 aromatic rings. The third kappa shape index (κ3) is 2.19. The molecule has 3 rings (SSSR count). The van der Waals surface area contributed by atoms with E-state index in [9.17, 15) is 4.57 Å². The quantitative estimate of drug-likeness (QED) is 0.665. The van der Waals surface area contributed by atoms with Crippen molar-refractivity contribution in [1.29, 1.82) is 0 Å². The monoisotopic (exact) mass is 298 g/mol. The molecule has 3 heteroatoms. The summed E-state index contributed by atoms with van der Waals surface area (Å²) in [6.07, 6.45) is -0.708. The largest absolute Gasteiger partial charge is 0.302 e. The molecule has 20 heavy (non-hydrogen) atoms. The van der Waals surface area contributed by atoms with Crippen molar-refractivity contribution in [3.8, 4) is 0 Å². The second kappa shape index (κ2) is 5.47. The van der Waals surface area contributed by atoms with Crippen LogP contribution >= 0.6 is 17.7 Å². The van der Waals surface area contributed by atoms with Crippen molar-refractivity contribution in [2.75, 3.05) is 6.26 Å². The molecule has 0 radical (unpaired) electrons. The standard InChI is InChI=1S/C17H15OPS/c1-20-19(18,15-10-3-2-4-11-15)17-13-7-9-14-8-5-6-12-16(14)17/h2-13H,1H3/t19-/m0/s1. The Morgan fingerprint density at radius 1 is 0.800 bits per heavy atom. The van der Waals surface area contributed by atoms with Crippen LogP contribution in [0.3, 0.4) is 0 Å². The Labute approximate surface area is 123 Å². The fraction of sp³-hybridized carbons (Fsp3) is 0.0588. The van der Waals surface area contributed by atoms with Crippen LogP contribution in [-0.2, 0) is 4.57 Å². The van der Waals surface area contributed by atoms with Gasteiger partial charge in [0.25, 0.3) is 0 Å². The molecule has 1 nitrogen and oxygen atoms in total. The molecular weight excluding hydrogens is 283 g/mol. The lowest BCUT2D eigenvalue weighted by molar-refractivity contribution is 0.596. The van der Waals surface area contributed by atoms with Gasteiger partial charge in [0.15, 0.2) is 6.34 Å². The van der Waals surface area contributed by atoms with Gasteiger partial charge in [0.2, 0.25) is 0 Å². The highest BCUT2D eigenvalue weighted by molar-refractivity contribution is 8.62. The van der Waals surface area contributed by atoms with Gasteiger partial charge in [0.1, 0.15) is 0 Å². The summed E-state index contributed by atoms with van der Waals surface area (Å²) in [6, 6.07) is 23.9. The normalized spacial score (nSPS) is 14.1. The van der Waals surface area contributed by atoms with Gasteiger partial charge in [-0.3, -0.25) is 0 Å². The maximum atomic E-state index is 13.6. The highest BCUT2D eigenvalue weighted by Gasteiger charge is 2.27. The van der Waals surface area contributed by atoms with Crippen molar-refractivity contribution < 1.29 is 4.57 Å². The number of benzene rings is 3. The summed E-state index contributed by atoms with van der Waals surface area (Å²) >= 11 is 1.45.